The standard InChI is InChI=1S/C40H53N9O7/c1-25-37(53)43-17-8-2-7-16-42-34(50)21-33(47-35(51)18-26-10-3-4-11-26)40(56)49-32(20-29-22-41-24-45-29)39(55)48-31(38(54)44-23-36(52)46-25)19-28-14-9-13-27-12-5-6-15-30(27)28/h5-6,9,12-15,22,24-26,31-33H,2-4,7-8,10-11,16-21,23H2,1H3,(H,41,45)(H,42,50)(H,43,53)(H,44,54)(H,46,52)(H,47,51)(H,48,55)(H,49,56)/t25-,31+,32-,33-/m0/s1. The Labute approximate surface area is 325 Å². The van der Waals surface area contributed by atoms with E-state index < -0.39 is 60.2 Å². The van der Waals surface area contributed by atoms with Crippen LogP contribution in [0.15, 0.2) is 55.0 Å². The average Bonchev–Trinajstić information content (AvgIpc) is 3.90. The van der Waals surface area contributed by atoms with E-state index in [0.717, 1.165) is 42.0 Å². The minimum Gasteiger partial charge on any atom is -0.356 e. The molecule has 0 spiro atoms. The van der Waals surface area contributed by atoms with E-state index in [0.29, 0.717) is 38.0 Å². The van der Waals surface area contributed by atoms with Crippen molar-refractivity contribution in [3.8, 4) is 0 Å². The van der Waals surface area contributed by atoms with Gasteiger partial charge in [0.05, 0.1) is 19.3 Å². The lowest BCUT2D eigenvalue weighted by atomic mass is 9.98. The highest BCUT2D eigenvalue weighted by atomic mass is 16.2. The van der Waals surface area contributed by atoms with Crippen molar-refractivity contribution in [2.75, 3.05) is 19.6 Å². The van der Waals surface area contributed by atoms with Gasteiger partial charge in [-0.15, -0.1) is 0 Å². The van der Waals surface area contributed by atoms with Gasteiger partial charge in [-0.2, -0.15) is 0 Å². The minimum atomic E-state index is -1.28. The topological polar surface area (TPSA) is 232 Å². The Bertz CT molecular complexity index is 1840. The van der Waals surface area contributed by atoms with E-state index in [9.17, 15) is 33.6 Å². The molecule has 16 nitrogen and oxygen atoms in total. The summed E-state index contributed by atoms with van der Waals surface area (Å²) in [5, 5.41) is 20.8. The molecule has 300 valence electrons. The molecule has 8 N–H and O–H groups in total. The summed E-state index contributed by atoms with van der Waals surface area (Å²) in [5.74, 6) is -3.74. The van der Waals surface area contributed by atoms with Crippen molar-refractivity contribution in [3.63, 3.8) is 0 Å². The summed E-state index contributed by atoms with van der Waals surface area (Å²) in [6.45, 7) is 1.74. The second-order valence-electron chi connectivity index (χ2n) is 14.6. The number of carbonyl (C=O) groups is 7. The summed E-state index contributed by atoms with van der Waals surface area (Å²) >= 11 is 0. The smallest absolute Gasteiger partial charge is 0.243 e. The third-order valence-electron chi connectivity index (χ3n) is 10.2. The van der Waals surface area contributed by atoms with Gasteiger partial charge in [-0.3, -0.25) is 33.6 Å². The summed E-state index contributed by atoms with van der Waals surface area (Å²) in [6, 6.07) is 8.56. The maximum atomic E-state index is 14.2. The van der Waals surface area contributed by atoms with E-state index in [2.05, 4.69) is 47.2 Å². The Morgan fingerprint density at radius 3 is 2.21 bits per heavy atom. The van der Waals surface area contributed by atoms with Crippen LogP contribution in [-0.2, 0) is 46.4 Å². The second kappa shape index (κ2) is 20.8. The molecule has 0 unspecified atom stereocenters. The average molecular weight is 772 g/mol. The third kappa shape index (κ3) is 12.6. The molecule has 2 heterocycles. The van der Waals surface area contributed by atoms with Crippen LogP contribution in [0.1, 0.15) is 76.0 Å². The van der Waals surface area contributed by atoms with Crippen molar-refractivity contribution in [3.05, 3.63) is 66.2 Å². The first-order valence-corrected chi connectivity index (χ1v) is 19.5. The van der Waals surface area contributed by atoms with Gasteiger partial charge in [0.2, 0.25) is 41.4 Å². The third-order valence-corrected chi connectivity index (χ3v) is 10.2. The van der Waals surface area contributed by atoms with Gasteiger partial charge in [-0.25, -0.2) is 4.98 Å². The number of rotatable bonds is 7. The van der Waals surface area contributed by atoms with Crippen LogP contribution >= 0.6 is 0 Å². The fourth-order valence-electron chi connectivity index (χ4n) is 7.13. The molecule has 56 heavy (non-hydrogen) atoms. The van der Waals surface area contributed by atoms with Gasteiger partial charge in [-0.1, -0.05) is 55.3 Å². The Morgan fingerprint density at radius 1 is 0.732 bits per heavy atom. The van der Waals surface area contributed by atoms with Crippen LogP contribution < -0.4 is 37.2 Å². The molecular formula is C40H53N9O7. The van der Waals surface area contributed by atoms with Crippen molar-refractivity contribution in [1.82, 2.24) is 47.2 Å². The quantitative estimate of drug-likeness (QED) is 0.171. The summed E-state index contributed by atoms with van der Waals surface area (Å²) in [5.41, 5.74) is 1.26. The highest BCUT2D eigenvalue weighted by Gasteiger charge is 2.32. The van der Waals surface area contributed by atoms with E-state index in [1.165, 1.54) is 19.4 Å². The lowest BCUT2D eigenvalue weighted by Crippen LogP contribution is -2.58. The first-order valence-electron chi connectivity index (χ1n) is 19.5. The molecule has 5 rings (SSSR count). The van der Waals surface area contributed by atoms with Gasteiger partial charge in [0.15, 0.2) is 0 Å². The molecule has 1 aliphatic carbocycles. The summed E-state index contributed by atoms with van der Waals surface area (Å²) in [7, 11) is 0. The number of nitrogens with one attached hydrogen (secondary N) is 8. The van der Waals surface area contributed by atoms with Crippen LogP contribution in [0.5, 0.6) is 0 Å². The van der Waals surface area contributed by atoms with Gasteiger partial charge in [0, 0.05) is 44.2 Å². The molecule has 4 atom stereocenters. The lowest BCUT2D eigenvalue weighted by molar-refractivity contribution is -0.135. The molecule has 0 bridgehead atoms. The van der Waals surface area contributed by atoms with Crippen molar-refractivity contribution in [1.29, 1.82) is 0 Å². The number of benzene rings is 2. The monoisotopic (exact) mass is 771 g/mol. The lowest BCUT2D eigenvalue weighted by Gasteiger charge is -2.26. The van der Waals surface area contributed by atoms with Gasteiger partial charge in [0.1, 0.15) is 24.2 Å². The SMILES string of the molecule is C[C@@H]1NC(=O)CNC(=O)[C@@H](Cc2cccc3ccccc23)NC(=O)[C@H](Cc2cnc[nH]2)NC(=O)[C@@H](NC(=O)CC2CCCC2)CC(=O)NCCCCCNC1=O. The summed E-state index contributed by atoms with van der Waals surface area (Å²) in [6.07, 6.45) is 8.57. The van der Waals surface area contributed by atoms with Crippen LogP contribution in [-0.4, -0.2) is 95.1 Å². The molecule has 2 fully saturated rings. The van der Waals surface area contributed by atoms with E-state index in [1.54, 1.807) is 0 Å². The van der Waals surface area contributed by atoms with Gasteiger partial charge >= 0.3 is 0 Å². The molecule has 2 aliphatic rings. The Kier molecular flexibility index (Phi) is 15.3. The normalized spacial score (nSPS) is 23.2. The van der Waals surface area contributed by atoms with Crippen molar-refractivity contribution in [2.45, 2.75) is 102 Å². The first kappa shape index (κ1) is 41.4. The number of nitrogens with zero attached hydrogens (tertiary/aromatic N) is 1. The van der Waals surface area contributed by atoms with Crippen LogP contribution in [0.25, 0.3) is 10.8 Å². The minimum absolute atomic E-state index is 0.0318. The Hall–Kier alpha value is -5.80. The molecule has 2 aromatic carbocycles. The number of amides is 7. The molecule has 0 radical (unpaired) electrons. The highest BCUT2D eigenvalue weighted by molar-refractivity contribution is 5.97. The number of aromatic amines is 1. The molecule has 1 aliphatic heterocycles. The molecule has 1 saturated heterocycles. The van der Waals surface area contributed by atoms with Crippen molar-refractivity contribution >= 4 is 52.1 Å². The number of aromatic nitrogens is 2. The van der Waals surface area contributed by atoms with E-state index in [1.807, 2.05) is 42.5 Å². The van der Waals surface area contributed by atoms with Crippen molar-refractivity contribution in [2.24, 2.45) is 5.92 Å². The molecule has 7 amide bonds. The Morgan fingerprint density at radius 2 is 1.45 bits per heavy atom. The summed E-state index contributed by atoms with van der Waals surface area (Å²) < 4.78 is 0. The van der Waals surface area contributed by atoms with E-state index in [4.69, 9.17) is 0 Å². The molecular weight excluding hydrogens is 718 g/mol. The summed E-state index contributed by atoms with van der Waals surface area (Å²) in [4.78, 5) is 101. The molecule has 1 saturated carbocycles. The number of carbonyl (C=O) groups excluding carboxylic acids is 7. The van der Waals surface area contributed by atoms with E-state index in [-0.39, 0.29) is 43.4 Å². The first-order chi connectivity index (χ1) is 27.0. The number of imidazole rings is 1. The molecule has 1 aromatic heterocycles. The van der Waals surface area contributed by atoms with Gasteiger partial charge in [0.25, 0.3) is 0 Å². The van der Waals surface area contributed by atoms with E-state index >= 15 is 0 Å². The predicted octanol–water partition coefficient (Wildman–Crippen LogP) is 0.810. The maximum Gasteiger partial charge on any atom is 0.243 e. The van der Waals surface area contributed by atoms with Gasteiger partial charge < -0.3 is 42.2 Å². The highest BCUT2D eigenvalue weighted by Crippen LogP contribution is 2.27. The van der Waals surface area contributed by atoms with Crippen LogP contribution in [0.4, 0.5) is 0 Å². The fourth-order valence-corrected chi connectivity index (χ4v) is 7.13. The van der Waals surface area contributed by atoms with Crippen LogP contribution in [0.3, 0.4) is 0 Å². The zero-order valence-corrected chi connectivity index (χ0v) is 31.8. The maximum absolute atomic E-state index is 14.2. The fraction of sp³-hybridized carbons (Fsp3) is 0.500. The Balaban J connectivity index is 1.42. The zero-order valence-electron chi connectivity index (χ0n) is 31.8. The number of H-pyrrole nitrogens is 1. The largest absolute Gasteiger partial charge is 0.356 e. The molecule has 16 heteroatoms. The van der Waals surface area contributed by atoms with Gasteiger partial charge in [-0.05, 0) is 61.3 Å². The zero-order chi connectivity index (χ0) is 39.9. The van der Waals surface area contributed by atoms with Crippen LogP contribution in [0.2, 0.25) is 0 Å². The number of fused-ring (bicyclic) bond motifs is 1. The number of hydrogen-bond acceptors (Lipinski definition) is 8. The molecule has 3 aromatic rings. The second-order valence-corrected chi connectivity index (χ2v) is 14.6. The van der Waals surface area contributed by atoms with Crippen molar-refractivity contribution < 1.29 is 33.6 Å². The number of hydrogen-bond donors (Lipinski definition) is 8. The predicted molar refractivity (Wildman–Crippen MR) is 207 cm³/mol. The van der Waals surface area contributed by atoms with Crippen LogP contribution in [0, 0.1) is 5.92 Å².